The average molecular weight is 616 g/mol. The van der Waals surface area contributed by atoms with Crippen molar-refractivity contribution in [1.82, 2.24) is 0 Å². The Kier molecular flexibility index (Phi) is 6.69. The Labute approximate surface area is 281 Å². The fraction of sp³-hybridized carbons (Fsp3) is 0.0222. The molecule has 0 radical (unpaired) electrons. The third kappa shape index (κ3) is 4.59. The number of rotatable bonds is 5. The normalized spacial score (nSPS) is 17.2. The van der Waals surface area contributed by atoms with E-state index in [0.29, 0.717) is 0 Å². The zero-order chi connectivity index (χ0) is 32.0. The first-order valence-electron chi connectivity index (χ1n) is 16.4. The van der Waals surface area contributed by atoms with Gasteiger partial charge in [0.15, 0.2) is 0 Å². The number of fused-ring (bicyclic) bond motifs is 1. The van der Waals surface area contributed by atoms with Gasteiger partial charge in [-0.05, 0) is 101 Å². The highest BCUT2D eigenvalue weighted by Crippen LogP contribution is 2.55. The minimum absolute atomic E-state index is 0.794. The molecule has 0 unspecified atom stereocenters. The van der Waals surface area contributed by atoms with Crippen LogP contribution in [0.2, 0.25) is 0 Å². The molecule has 0 aromatic heterocycles. The van der Waals surface area contributed by atoms with Crippen molar-refractivity contribution in [2.75, 3.05) is 14.7 Å². The zero-order valence-electron chi connectivity index (χ0n) is 26.5. The van der Waals surface area contributed by atoms with Crippen molar-refractivity contribution in [3.63, 3.8) is 0 Å². The maximum absolute atomic E-state index is 4.34. The lowest BCUT2D eigenvalue weighted by Crippen LogP contribution is -2.28. The van der Waals surface area contributed by atoms with Crippen LogP contribution in [0.5, 0.6) is 0 Å². The van der Waals surface area contributed by atoms with E-state index in [0.717, 1.165) is 40.4 Å². The van der Waals surface area contributed by atoms with Gasteiger partial charge in [-0.3, -0.25) is 0 Å². The van der Waals surface area contributed by atoms with Crippen LogP contribution in [0, 0.1) is 0 Å². The minimum Gasteiger partial charge on any atom is -0.313 e. The summed E-state index contributed by atoms with van der Waals surface area (Å²) in [7, 11) is 0. The molecule has 0 spiro atoms. The first-order chi connectivity index (χ1) is 23.7. The molecule has 6 aromatic rings. The van der Waals surface area contributed by atoms with Crippen LogP contribution in [0.25, 0.3) is 16.3 Å². The van der Waals surface area contributed by atoms with E-state index in [1.807, 2.05) is 0 Å². The number of nitrogens with zero attached hydrogens (tertiary/aromatic N) is 3. The molecule has 3 aliphatic rings. The third-order valence-corrected chi connectivity index (χ3v) is 9.44. The van der Waals surface area contributed by atoms with E-state index < -0.39 is 0 Å². The first kappa shape index (κ1) is 27.9. The lowest BCUT2D eigenvalue weighted by molar-refractivity contribution is 1.03. The molecule has 9 rings (SSSR count). The molecular weight excluding hydrogens is 583 g/mol. The smallest absolute Gasteiger partial charge is 0.0547 e. The van der Waals surface area contributed by atoms with Crippen LogP contribution in [0.1, 0.15) is 12.0 Å². The molecular formula is C45H33N3. The molecule has 1 aliphatic carbocycles. The van der Waals surface area contributed by atoms with Crippen LogP contribution < -0.4 is 14.7 Å². The molecule has 2 bridgehead atoms. The quantitative estimate of drug-likeness (QED) is 0.191. The van der Waals surface area contributed by atoms with E-state index in [4.69, 9.17) is 0 Å². The van der Waals surface area contributed by atoms with E-state index >= 15 is 0 Å². The van der Waals surface area contributed by atoms with Crippen LogP contribution in [0.3, 0.4) is 0 Å². The fourth-order valence-corrected chi connectivity index (χ4v) is 7.36. The summed E-state index contributed by atoms with van der Waals surface area (Å²) < 4.78 is 0. The van der Waals surface area contributed by atoms with E-state index in [1.165, 1.54) is 44.7 Å². The molecule has 2 aliphatic heterocycles. The predicted octanol–water partition coefficient (Wildman–Crippen LogP) is 12.3. The molecule has 3 heteroatoms. The zero-order valence-corrected chi connectivity index (χ0v) is 26.5. The molecule has 2 heterocycles. The van der Waals surface area contributed by atoms with Crippen molar-refractivity contribution >= 4 is 56.2 Å². The van der Waals surface area contributed by atoms with Gasteiger partial charge >= 0.3 is 0 Å². The summed E-state index contributed by atoms with van der Waals surface area (Å²) >= 11 is 0. The molecule has 0 fully saturated rings. The Morgan fingerprint density at radius 2 is 1.17 bits per heavy atom. The van der Waals surface area contributed by atoms with Gasteiger partial charge in [0.1, 0.15) is 0 Å². The van der Waals surface area contributed by atoms with Gasteiger partial charge in [-0.2, -0.15) is 0 Å². The Balaban J connectivity index is 1.25. The van der Waals surface area contributed by atoms with E-state index in [2.05, 4.69) is 197 Å². The molecule has 3 nitrogen and oxygen atoms in total. The van der Waals surface area contributed by atoms with Crippen molar-refractivity contribution < 1.29 is 0 Å². The number of anilines is 7. The first-order valence-corrected chi connectivity index (χ1v) is 16.4. The van der Waals surface area contributed by atoms with Gasteiger partial charge in [-0.15, -0.1) is 0 Å². The highest BCUT2D eigenvalue weighted by atomic mass is 15.2. The lowest BCUT2D eigenvalue weighted by atomic mass is 9.83. The Morgan fingerprint density at radius 1 is 0.521 bits per heavy atom. The lowest BCUT2D eigenvalue weighted by Gasteiger charge is -2.42. The number of hydrogen-bond donors (Lipinski definition) is 0. The molecule has 228 valence electrons. The van der Waals surface area contributed by atoms with E-state index in [-0.39, 0.29) is 0 Å². The second kappa shape index (κ2) is 11.5. The third-order valence-electron chi connectivity index (χ3n) is 9.44. The molecule has 6 aromatic carbocycles. The highest BCUT2D eigenvalue weighted by molar-refractivity contribution is 6.14. The molecule has 0 amide bonds. The summed E-state index contributed by atoms with van der Waals surface area (Å²) in [6.07, 6.45) is 11.7. The Bertz CT molecular complexity index is 2270. The maximum Gasteiger partial charge on any atom is 0.0547 e. The summed E-state index contributed by atoms with van der Waals surface area (Å²) in [6, 6.07) is 52.1. The van der Waals surface area contributed by atoms with E-state index in [9.17, 15) is 0 Å². The van der Waals surface area contributed by atoms with Gasteiger partial charge in [-0.25, -0.2) is 0 Å². The van der Waals surface area contributed by atoms with Gasteiger partial charge < -0.3 is 14.7 Å². The number of para-hydroxylation sites is 3. The molecule has 0 saturated carbocycles. The van der Waals surface area contributed by atoms with Gasteiger partial charge in [0.05, 0.1) is 17.1 Å². The number of benzene rings is 6. The van der Waals surface area contributed by atoms with Gasteiger partial charge in [0.25, 0.3) is 0 Å². The largest absolute Gasteiger partial charge is 0.313 e. The van der Waals surface area contributed by atoms with Gasteiger partial charge in [0.2, 0.25) is 0 Å². The van der Waals surface area contributed by atoms with Crippen LogP contribution in [-0.2, 0) is 0 Å². The standard InChI is InChI=1S/C45H33N3/c1-32-13-11-21-39-31-40-41(29-23-32)48(36-19-9-4-10-20-36)42-22-12-14-33-24-30-43(45(40)44(33)42)47(39)38-27-25-37(26-28-38)46(34-15-5-2-6-16-34)35-17-7-3-8-18-35/h2-30H,1,31H2/b13-11-,29-23-,39-21+. The summed E-state index contributed by atoms with van der Waals surface area (Å²) in [6.45, 7) is 4.34. The topological polar surface area (TPSA) is 9.72 Å². The van der Waals surface area contributed by atoms with Gasteiger partial charge in [-0.1, -0.05) is 97.6 Å². The Morgan fingerprint density at radius 3 is 1.88 bits per heavy atom. The minimum atomic E-state index is 0.794. The Hall–Kier alpha value is -6.32. The van der Waals surface area contributed by atoms with Crippen LogP contribution in [-0.4, -0.2) is 0 Å². The van der Waals surface area contributed by atoms with Crippen molar-refractivity contribution in [3.05, 3.63) is 205 Å². The number of hydrogen-bond acceptors (Lipinski definition) is 3. The summed E-state index contributed by atoms with van der Waals surface area (Å²) in [5, 5.41) is 2.53. The van der Waals surface area contributed by atoms with Crippen LogP contribution >= 0.6 is 0 Å². The summed E-state index contributed by atoms with van der Waals surface area (Å²) in [5.74, 6) is 0. The van der Waals surface area contributed by atoms with Crippen molar-refractivity contribution in [2.24, 2.45) is 0 Å². The summed E-state index contributed by atoms with van der Waals surface area (Å²) in [5.41, 5.74) is 14.0. The molecule has 0 atom stereocenters. The number of allylic oxidation sites excluding steroid dienone is 7. The molecule has 0 N–H and O–H groups in total. The van der Waals surface area contributed by atoms with Crippen LogP contribution in [0.15, 0.2) is 200 Å². The van der Waals surface area contributed by atoms with Crippen molar-refractivity contribution in [3.8, 4) is 0 Å². The predicted molar refractivity (Wildman–Crippen MR) is 203 cm³/mol. The van der Waals surface area contributed by atoms with Crippen molar-refractivity contribution in [2.45, 2.75) is 6.42 Å². The van der Waals surface area contributed by atoms with E-state index in [1.54, 1.807) is 0 Å². The maximum atomic E-state index is 4.34. The van der Waals surface area contributed by atoms with Crippen LogP contribution in [0.4, 0.5) is 39.8 Å². The molecule has 48 heavy (non-hydrogen) atoms. The molecule has 0 saturated heterocycles. The second-order valence-electron chi connectivity index (χ2n) is 12.3. The average Bonchev–Trinajstić information content (AvgIpc) is 3.14. The van der Waals surface area contributed by atoms with Gasteiger partial charge in [0, 0.05) is 51.5 Å². The summed E-state index contributed by atoms with van der Waals surface area (Å²) in [4.78, 5) is 7.18. The second-order valence-corrected chi connectivity index (χ2v) is 12.3. The highest BCUT2D eigenvalue weighted by Gasteiger charge is 2.35. The SMILES string of the molecule is C=C1/C=C\C=C2/CC3=C(/C=C\1)N(c1ccccc1)c1cccc4ccc(c3c14)N2c1ccc(N(c2ccccc2)c2ccccc2)cc1. The van der Waals surface area contributed by atoms with Crippen molar-refractivity contribution in [1.29, 1.82) is 0 Å². The fourth-order valence-electron chi connectivity index (χ4n) is 7.36. The monoisotopic (exact) mass is 615 g/mol.